The van der Waals surface area contributed by atoms with E-state index in [1.54, 1.807) is 17.4 Å². The smallest absolute Gasteiger partial charge is 0.187 e. The van der Waals surface area contributed by atoms with E-state index in [2.05, 4.69) is 0 Å². The van der Waals surface area contributed by atoms with E-state index in [1.807, 2.05) is 36.4 Å². The van der Waals surface area contributed by atoms with Crippen LogP contribution in [-0.2, 0) is 11.1 Å². The molecule has 2 nitrogen and oxygen atoms in total. The molecule has 1 heterocycles. The van der Waals surface area contributed by atoms with Crippen molar-refractivity contribution in [3.8, 4) is 0 Å². The molecule has 0 aliphatic carbocycles. The first-order valence-electron chi connectivity index (χ1n) is 4.78. The second-order valence-electron chi connectivity index (χ2n) is 3.48. The lowest BCUT2D eigenvalue weighted by Crippen LogP contribution is -1.88. The zero-order chi connectivity index (χ0) is 11.1. The molecule has 2 aromatic carbocycles. The highest BCUT2D eigenvalue weighted by molar-refractivity contribution is 7.79. The minimum Gasteiger partial charge on any atom is -0.302 e. The van der Waals surface area contributed by atoms with Gasteiger partial charge in [0.05, 0.1) is 4.90 Å². The van der Waals surface area contributed by atoms with E-state index in [1.165, 1.54) is 0 Å². The van der Waals surface area contributed by atoms with Gasteiger partial charge in [0.2, 0.25) is 0 Å². The van der Waals surface area contributed by atoms with Gasteiger partial charge in [0.1, 0.15) is 0 Å². The molecular formula is C12H8O2S2. The SMILES string of the molecule is O=S(O)c1cccc2sc3ccccc3c12. The van der Waals surface area contributed by atoms with Gasteiger partial charge in [0.15, 0.2) is 11.1 Å². The first-order valence-corrected chi connectivity index (χ1v) is 6.71. The van der Waals surface area contributed by atoms with Crippen molar-refractivity contribution >= 4 is 42.6 Å². The Hall–Kier alpha value is -1.23. The Labute approximate surface area is 98.8 Å². The molecule has 0 bridgehead atoms. The molecule has 1 N–H and O–H groups in total. The van der Waals surface area contributed by atoms with Crippen LogP contribution in [0.25, 0.3) is 20.2 Å². The predicted molar refractivity (Wildman–Crippen MR) is 68.4 cm³/mol. The second-order valence-corrected chi connectivity index (χ2v) is 5.50. The molecule has 1 unspecified atom stereocenters. The zero-order valence-corrected chi connectivity index (χ0v) is 9.85. The Morgan fingerprint density at radius 3 is 2.56 bits per heavy atom. The maximum absolute atomic E-state index is 11.3. The number of fused-ring (bicyclic) bond motifs is 3. The van der Waals surface area contributed by atoms with Crippen LogP contribution in [0, 0.1) is 0 Å². The molecule has 16 heavy (non-hydrogen) atoms. The van der Waals surface area contributed by atoms with Gasteiger partial charge in [0, 0.05) is 20.2 Å². The fourth-order valence-corrected chi connectivity index (χ4v) is 3.67. The number of rotatable bonds is 1. The van der Waals surface area contributed by atoms with Crippen molar-refractivity contribution in [1.82, 2.24) is 0 Å². The van der Waals surface area contributed by atoms with E-state index in [0.717, 1.165) is 20.2 Å². The summed E-state index contributed by atoms with van der Waals surface area (Å²) in [5.74, 6) is 0. The van der Waals surface area contributed by atoms with Gasteiger partial charge in [-0.25, -0.2) is 4.21 Å². The van der Waals surface area contributed by atoms with Gasteiger partial charge >= 0.3 is 0 Å². The lowest BCUT2D eigenvalue weighted by molar-refractivity contribution is 0.565. The highest BCUT2D eigenvalue weighted by Crippen LogP contribution is 2.36. The van der Waals surface area contributed by atoms with E-state index in [9.17, 15) is 8.76 Å². The summed E-state index contributed by atoms with van der Waals surface area (Å²) in [4.78, 5) is 0.495. The molecule has 1 atom stereocenters. The van der Waals surface area contributed by atoms with E-state index >= 15 is 0 Å². The van der Waals surface area contributed by atoms with Crippen LogP contribution in [-0.4, -0.2) is 8.76 Å². The summed E-state index contributed by atoms with van der Waals surface area (Å²) in [7, 11) is 0. The van der Waals surface area contributed by atoms with Crippen LogP contribution < -0.4 is 0 Å². The van der Waals surface area contributed by atoms with Crippen LogP contribution in [0.15, 0.2) is 47.4 Å². The Balaban J connectivity index is 2.57. The quantitative estimate of drug-likeness (QED) is 0.668. The van der Waals surface area contributed by atoms with Crippen molar-refractivity contribution in [2.45, 2.75) is 4.90 Å². The van der Waals surface area contributed by atoms with Gasteiger partial charge in [-0.1, -0.05) is 24.3 Å². The van der Waals surface area contributed by atoms with Crippen LogP contribution >= 0.6 is 11.3 Å². The lowest BCUT2D eigenvalue weighted by Gasteiger charge is -1.98. The molecule has 80 valence electrons. The van der Waals surface area contributed by atoms with E-state index in [-0.39, 0.29) is 0 Å². The summed E-state index contributed by atoms with van der Waals surface area (Å²) in [6.07, 6.45) is 0. The maximum atomic E-state index is 11.3. The minimum absolute atomic E-state index is 0.495. The van der Waals surface area contributed by atoms with Crippen LogP contribution in [0.1, 0.15) is 0 Å². The molecule has 0 fully saturated rings. The summed E-state index contributed by atoms with van der Waals surface area (Å²) >= 11 is -0.284. The second kappa shape index (κ2) is 3.66. The van der Waals surface area contributed by atoms with Gasteiger partial charge in [0.25, 0.3) is 0 Å². The maximum Gasteiger partial charge on any atom is 0.187 e. The van der Waals surface area contributed by atoms with E-state index < -0.39 is 11.1 Å². The standard InChI is InChI=1S/C12H8O2S2/c13-16(14)11-7-3-6-10-12(11)8-4-1-2-5-9(8)15-10/h1-7H,(H,13,14). The Morgan fingerprint density at radius 2 is 1.75 bits per heavy atom. The van der Waals surface area contributed by atoms with Gasteiger partial charge in [-0.3, -0.25) is 0 Å². The van der Waals surface area contributed by atoms with Gasteiger partial charge in [-0.15, -0.1) is 11.3 Å². The number of hydrogen-bond acceptors (Lipinski definition) is 2. The minimum atomic E-state index is -1.93. The summed E-state index contributed by atoms with van der Waals surface area (Å²) in [6.45, 7) is 0. The molecule has 4 heteroatoms. The van der Waals surface area contributed by atoms with Crippen molar-refractivity contribution in [1.29, 1.82) is 0 Å². The molecule has 0 radical (unpaired) electrons. The molecule has 3 aromatic rings. The Morgan fingerprint density at radius 1 is 1.00 bits per heavy atom. The topological polar surface area (TPSA) is 37.3 Å². The molecule has 0 spiro atoms. The molecule has 0 saturated carbocycles. The zero-order valence-electron chi connectivity index (χ0n) is 8.21. The summed E-state index contributed by atoms with van der Waals surface area (Å²) in [5, 5.41) is 1.96. The Kier molecular flexibility index (Phi) is 2.28. The van der Waals surface area contributed by atoms with Crippen molar-refractivity contribution < 1.29 is 8.76 Å². The van der Waals surface area contributed by atoms with Crippen LogP contribution in [0.5, 0.6) is 0 Å². The third-order valence-corrected chi connectivity index (χ3v) is 4.40. The lowest BCUT2D eigenvalue weighted by atomic mass is 10.1. The molecule has 3 rings (SSSR count). The van der Waals surface area contributed by atoms with E-state index in [0.29, 0.717) is 4.90 Å². The number of hydrogen-bond donors (Lipinski definition) is 1. The predicted octanol–water partition coefficient (Wildman–Crippen LogP) is 3.64. The van der Waals surface area contributed by atoms with Crippen molar-refractivity contribution in [3.63, 3.8) is 0 Å². The molecule has 0 aliphatic rings. The Bertz CT molecular complexity index is 700. The number of benzene rings is 2. The van der Waals surface area contributed by atoms with Gasteiger partial charge in [-0.05, 0) is 18.2 Å². The fraction of sp³-hybridized carbons (Fsp3) is 0. The van der Waals surface area contributed by atoms with Crippen molar-refractivity contribution in [2.24, 2.45) is 0 Å². The molecular weight excluding hydrogens is 240 g/mol. The average molecular weight is 248 g/mol. The van der Waals surface area contributed by atoms with Crippen LogP contribution in [0.4, 0.5) is 0 Å². The highest BCUT2D eigenvalue weighted by Gasteiger charge is 2.11. The summed E-state index contributed by atoms with van der Waals surface area (Å²) in [5.41, 5.74) is 0. The van der Waals surface area contributed by atoms with Crippen molar-refractivity contribution in [2.75, 3.05) is 0 Å². The van der Waals surface area contributed by atoms with Gasteiger partial charge in [-0.2, -0.15) is 0 Å². The summed E-state index contributed by atoms with van der Waals surface area (Å²) in [6, 6.07) is 13.5. The molecule has 0 saturated heterocycles. The van der Waals surface area contributed by atoms with Crippen LogP contribution in [0.3, 0.4) is 0 Å². The fourth-order valence-electron chi connectivity index (χ4n) is 1.89. The molecule has 0 aliphatic heterocycles. The average Bonchev–Trinajstić information content (AvgIpc) is 2.66. The number of thiophene rings is 1. The molecule has 0 amide bonds. The third-order valence-electron chi connectivity index (χ3n) is 2.55. The van der Waals surface area contributed by atoms with Crippen molar-refractivity contribution in [3.05, 3.63) is 42.5 Å². The first kappa shape index (κ1) is 9.96. The van der Waals surface area contributed by atoms with E-state index in [4.69, 9.17) is 0 Å². The molecule has 1 aromatic heterocycles. The largest absolute Gasteiger partial charge is 0.302 e. The normalized spacial score (nSPS) is 13.3. The van der Waals surface area contributed by atoms with Gasteiger partial charge < -0.3 is 4.55 Å². The van der Waals surface area contributed by atoms with Crippen LogP contribution in [0.2, 0.25) is 0 Å². The third kappa shape index (κ3) is 1.38. The highest BCUT2D eigenvalue weighted by atomic mass is 32.2. The first-order chi connectivity index (χ1) is 7.77. The summed E-state index contributed by atoms with van der Waals surface area (Å²) < 4.78 is 22.8. The monoisotopic (exact) mass is 248 g/mol.